The minimum Gasteiger partial charge on any atom is -0.444 e. The number of anilines is 2. The zero-order valence-electron chi connectivity index (χ0n) is 31.3. The Bertz CT molecular complexity index is 1620. The van der Waals surface area contributed by atoms with Gasteiger partial charge in [0.2, 0.25) is 0 Å². The highest BCUT2D eigenvalue weighted by molar-refractivity contribution is 8.14. The first kappa shape index (κ1) is 42.2. The molecule has 2 aromatic carbocycles. The number of thioether (sulfide) groups is 2. The van der Waals surface area contributed by atoms with Crippen molar-refractivity contribution in [2.45, 2.75) is 111 Å². The molecule has 0 aromatic heterocycles. The molecule has 2 aliphatic heterocycles. The summed E-state index contributed by atoms with van der Waals surface area (Å²) in [6.45, 7) is 15.2. The third-order valence-corrected chi connectivity index (χ3v) is 11.7. The van der Waals surface area contributed by atoms with Crippen molar-refractivity contribution >= 4 is 57.4 Å². The summed E-state index contributed by atoms with van der Waals surface area (Å²) < 4.78 is 40.0. The molecule has 4 aliphatic rings. The number of aliphatic imine (C=N–C) groups is 2. The predicted octanol–water partition coefficient (Wildman–Crippen LogP) is 9.19. The van der Waals surface area contributed by atoms with Crippen molar-refractivity contribution in [3.63, 3.8) is 0 Å². The fourth-order valence-electron chi connectivity index (χ4n) is 7.83. The van der Waals surface area contributed by atoms with Gasteiger partial charge in [0.05, 0.1) is 11.1 Å². The van der Waals surface area contributed by atoms with E-state index in [1.54, 1.807) is 65.8 Å². The standard InChI is InChI=1S/2C19H26FN3O2S.CH4/c2*1-11-7-12-10-26-16(22-17(24)25-18(2,3)4)23-19(12,9-11)14-8-13(21)5-6-15(14)20;/h2*5-6,8,11-12H,7,9-10,21H2,1-4H3,(H,22,23,24);1H4/t2*11-,12+,19+;/m10./s1. The van der Waals surface area contributed by atoms with Crippen molar-refractivity contribution in [3.8, 4) is 0 Å². The van der Waals surface area contributed by atoms with E-state index in [1.165, 1.54) is 35.7 Å². The Hall–Kier alpha value is -3.52. The van der Waals surface area contributed by atoms with Crippen molar-refractivity contribution in [1.29, 1.82) is 0 Å². The van der Waals surface area contributed by atoms with Crippen LogP contribution < -0.4 is 22.1 Å². The number of fused-ring (bicyclic) bond motifs is 2. The van der Waals surface area contributed by atoms with E-state index in [-0.39, 0.29) is 30.9 Å². The van der Waals surface area contributed by atoms with Crippen molar-refractivity contribution < 1.29 is 27.8 Å². The second kappa shape index (κ2) is 16.1. The SMILES string of the molecule is C.C[C@@H]1C[C@H]2CSC(NC(=O)OC(C)(C)C)=N[C@@]2(c2cc(N)ccc2F)C1.C[C@H]1C[C@@H]2CSC(NC(=O)OC(C)(C)C)=N[C@]2(c2cc(N)ccc2F)C1. The number of nitrogens with zero attached hydrogens (tertiary/aromatic N) is 2. The van der Waals surface area contributed by atoms with E-state index in [1.807, 2.05) is 0 Å². The van der Waals surface area contributed by atoms with Gasteiger partial charge in [0.25, 0.3) is 0 Å². The van der Waals surface area contributed by atoms with Gasteiger partial charge in [-0.15, -0.1) is 0 Å². The molecule has 2 saturated carbocycles. The minimum atomic E-state index is -0.686. The van der Waals surface area contributed by atoms with Crippen LogP contribution in [-0.4, -0.2) is 45.2 Å². The lowest BCUT2D eigenvalue weighted by Crippen LogP contribution is -2.42. The highest BCUT2D eigenvalue weighted by atomic mass is 32.2. The summed E-state index contributed by atoms with van der Waals surface area (Å²) >= 11 is 2.97. The van der Waals surface area contributed by atoms with Crippen LogP contribution in [0, 0.1) is 35.3 Å². The van der Waals surface area contributed by atoms with Crippen LogP contribution in [-0.2, 0) is 20.6 Å². The number of carbonyl (C=O) groups excluding carboxylic acids is 2. The second-order valence-electron chi connectivity index (χ2n) is 16.5. The molecule has 14 heteroatoms. The van der Waals surface area contributed by atoms with Crippen LogP contribution in [0.5, 0.6) is 0 Å². The summed E-state index contributed by atoms with van der Waals surface area (Å²) in [4.78, 5) is 33.9. The van der Waals surface area contributed by atoms with Crippen LogP contribution >= 0.6 is 23.5 Å². The van der Waals surface area contributed by atoms with E-state index in [0.29, 0.717) is 44.7 Å². The van der Waals surface area contributed by atoms with Gasteiger partial charge in [0.1, 0.15) is 22.8 Å². The molecule has 2 aliphatic carbocycles. The van der Waals surface area contributed by atoms with Crippen molar-refractivity contribution in [3.05, 3.63) is 59.2 Å². The Labute approximate surface area is 321 Å². The topological polar surface area (TPSA) is 153 Å². The Kier molecular flexibility index (Phi) is 12.8. The molecule has 292 valence electrons. The Morgan fingerprint density at radius 1 is 0.736 bits per heavy atom. The molecule has 6 N–H and O–H groups in total. The first-order valence-corrected chi connectivity index (χ1v) is 19.7. The molecule has 0 radical (unpaired) electrons. The molecule has 0 bridgehead atoms. The van der Waals surface area contributed by atoms with Crippen molar-refractivity contribution in [2.24, 2.45) is 33.7 Å². The summed E-state index contributed by atoms with van der Waals surface area (Å²) in [6, 6.07) is 9.29. The van der Waals surface area contributed by atoms with Gasteiger partial charge in [-0.1, -0.05) is 44.8 Å². The predicted molar refractivity (Wildman–Crippen MR) is 214 cm³/mol. The lowest BCUT2D eigenvalue weighted by molar-refractivity contribution is 0.0552. The average Bonchev–Trinajstić information content (AvgIpc) is 3.53. The number of nitrogens with two attached hydrogens (primary N) is 2. The van der Waals surface area contributed by atoms with Gasteiger partial charge < -0.3 is 20.9 Å². The second-order valence-corrected chi connectivity index (χ2v) is 18.5. The van der Waals surface area contributed by atoms with Gasteiger partial charge in [-0.25, -0.2) is 18.4 Å². The number of hydrogen-bond acceptors (Lipinski definition) is 10. The van der Waals surface area contributed by atoms with Crippen LogP contribution in [0.4, 0.5) is 29.7 Å². The summed E-state index contributed by atoms with van der Waals surface area (Å²) in [7, 11) is 0. The molecule has 6 rings (SSSR count). The smallest absolute Gasteiger partial charge is 0.413 e. The number of ether oxygens (including phenoxy) is 2. The number of amides is 2. The minimum absolute atomic E-state index is 0. The number of carbonyl (C=O) groups is 2. The van der Waals surface area contributed by atoms with E-state index in [4.69, 9.17) is 30.9 Å². The summed E-state index contributed by atoms with van der Waals surface area (Å²) in [5, 5.41) is 6.42. The van der Waals surface area contributed by atoms with Crippen LogP contribution in [0.1, 0.15) is 99.6 Å². The normalized spacial score (nSPS) is 27.7. The Morgan fingerprint density at radius 3 is 1.43 bits per heavy atom. The first-order chi connectivity index (χ1) is 24.2. The molecular weight excluding hydrogens is 719 g/mol. The number of hydrogen-bond donors (Lipinski definition) is 4. The molecule has 53 heavy (non-hydrogen) atoms. The van der Waals surface area contributed by atoms with Crippen LogP contribution in [0.3, 0.4) is 0 Å². The van der Waals surface area contributed by atoms with Crippen molar-refractivity contribution in [1.82, 2.24) is 10.6 Å². The average molecular weight is 775 g/mol. The molecule has 0 saturated heterocycles. The fourth-order valence-corrected chi connectivity index (χ4v) is 10.1. The first-order valence-electron chi connectivity index (χ1n) is 17.7. The molecule has 6 atom stereocenters. The van der Waals surface area contributed by atoms with E-state index in [0.717, 1.165) is 37.2 Å². The van der Waals surface area contributed by atoms with Gasteiger partial charge in [0.15, 0.2) is 10.3 Å². The molecule has 2 heterocycles. The summed E-state index contributed by atoms with van der Waals surface area (Å²) in [5.74, 6) is 2.21. The molecule has 2 aromatic rings. The number of rotatable bonds is 2. The van der Waals surface area contributed by atoms with Gasteiger partial charge in [0, 0.05) is 34.0 Å². The third kappa shape index (κ3) is 9.97. The maximum absolute atomic E-state index is 14.7. The lowest BCUT2D eigenvalue weighted by atomic mass is 9.81. The number of nitrogen functional groups attached to an aromatic ring is 2. The maximum Gasteiger partial charge on any atom is 0.413 e. The summed E-state index contributed by atoms with van der Waals surface area (Å²) in [5.41, 5.74) is 11.4. The zero-order chi connectivity index (χ0) is 38.2. The molecule has 0 spiro atoms. The maximum atomic E-state index is 14.7. The molecular formula is C39H56F2N6O4S2. The third-order valence-electron chi connectivity index (χ3n) is 9.62. The zero-order valence-corrected chi connectivity index (χ0v) is 32.9. The van der Waals surface area contributed by atoms with Gasteiger partial charge in [-0.05, 0) is 127 Å². The van der Waals surface area contributed by atoms with Crippen LogP contribution in [0.25, 0.3) is 0 Å². The monoisotopic (exact) mass is 774 g/mol. The van der Waals surface area contributed by atoms with Gasteiger partial charge >= 0.3 is 12.2 Å². The quantitative estimate of drug-likeness (QED) is 0.220. The van der Waals surface area contributed by atoms with E-state index in [9.17, 15) is 18.4 Å². The van der Waals surface area contributed by atoms with Crippen LogP contribution in [0.15, 0.2) is 46.4 Å². The number of alkyl carbamates (subject to hydrolysis) is 2. The van der Waals surface area contributed by atoms with E-state index >= 15 is 0 Å². The fraction of sp³-hybridized carbons (Fsp3) is 0.590. The van der Waals surface area contributed by atoms with Crippen molar-refractivity contribution in [2.75, 3.05) is 23.0 Å². The number of amidine groups is 2. The number of halogens is 2. The molecule has 0 unspecified atom stereocenters. The highest BCUT2D eigenvalue weighted by Crippen LogP contribution is 2.55. The van der Waals surface area contributed by atoms with Crippen LogP contribution in [0.2, 0.25) is 0 Å². The largest absolute Gasteiger partial charge is 0.444 e. The molecule has 2 fully saturated rings. The Morgan fingerprint density at radius 2 is 1.09 bits per heavy atom. The highest BCUT2D eigenvalue weighted by Gasteiger charge is 2.52. The molecule has 2 amide bonds. The summed E-state index contributed by atoms with van der Waals surface area (Å²) in [6.07, 6.45) is 2.33. The lowest BCUT2D eigenvalue weighted by Gasteiger charge is -2.37. The van der Waals surface area contributed by atoms with Gasteiger partial charge in [-0.2, -0.15) is 0 Å². The van der Waals surface area contributed by atoms with E-state index < -0.39 is 34.5 Å². The van der Waals surface area contributed by atoms with E-state index in [2.05, 4.69) is 24.5 Å². The Balaban J connectivity index is 0.000000232. The molecule has 10 nitrogen and oxygen atoms in total. The van der Waals surface area contributed by atoms with Gasteiger partial charge in [-0.3, -0.25) is 20.6 Å². The number of nitrogens with one attached hydrogen (secondary N) is 2. The number of benzene rings is 2.